The number of nitrogens with zero attached hydrogens (tertiary/aromatic N) is 1. The fraction of sp³-hybridized carbons (Fsp3) is 0.579. The zero-order valence-electron chi connectivity index (χ0n) is 15.9. The number of carbonyl (C=O) groups is 2. The van der Waals surface area contributed by atoms with E-state index in [0.717, 1.165) is 19.3 Å². The fourth-order valence-corrected chi connectivity index (χ4v) is 4.78. The van der Waals surface area contributed by atoms with Crippen molar-refractivity contribution in [3.8, 4) is 0 Å². The van der Waals surface area contributed by atoms with Crippen LogP contribution in [-0.2, 0) is 14.8 Å². The second kappa shape index (κ2) is 8.84. The third-order valence-electron chi connectivity index (χ3n) is 5.46. The molecular formula is C19H28N2O5S. The molecular weight excluding hydrogens is 368 g/mol. The van der Waals surface area contributed by atoms with Gasteiger partial charge in [-0.2, -0.15) is 4.31 Å². The van der Waals surface area contributed by atoms with E-state index in [1.54, 1.807) is 13.8 Å². The molecule has 1 aliphatic heterocycles. The minimum absolute atomic E-state index is 0.0298. The van der Waals surface area contributed by atoms with E-state index < -0.39 is 27.3 Å². The van der Waals surface area contributed by atoms with Gasteiger partial charge in [-0.15, -0.1) is 0 Å². The molecule has 1 aromatic carbocycles. The van der Waals surface area contributed by atoms with Crippen LogP contribution in [0, 0.1) is 5.41 Å². The van der Waals surface area contributed by atoms with Crippen molar-refractivity contribution in [2.24, 2.45) is 5.41 Å². The lowest BCUT2D eigenvalue weighted by atomic mass is 9.82. The molecule has 0 aromatic heterocycles. The zero-order chi connectivity index (χ0) is 20.1. The Morgan fingerprint density at radius 1 is 1.07 bits per heavy atom. The van der Waals surface area contributed by atoms with E-state index in [0.29, 0.717) is 31.5 Å². The van der Waals surface area contributed by atoms with Crippen LogP contribution in [0.3, 0.4) is 0 Å². The second-order valence-corrected chi connectivity index (χ2v) is 8.90. The minimum Gasteiger partial charge on any atom is -0.481 e. The van der Waals surface area contributed by atoms with Gasteiger partial charge >= 0.3 is 5.97 Å². The maximum Gasteiger partial charge on any atom is 0.311 e. The highest BCUT2D eigenvalue weighted by molar-refractivity contribution is 7.89. The van der Waals surface area contributed by atoms with Gasteiger partial charge in [-0.1, -0.05) is 20.3 Å². The second-order valence-electron chi connectivity index (χ2n) is 6.96. The molecule has 0 aliphatic carbocycles. The highest BCUT2D eigenvalue weighted by atomic mass is 32.2. The van der Waals surface area contributed by atoms with E-state index >= 15 is 0 Å². The number of carboxylic acids is 1. The number of hydrogen-bond acceptors (Lipinski definition) is 4. The summed E-state index contributed by atoms with van der Waals surface area (Å²) in [6, 6.07) is 5.80. The Bertz CT molecular complexity index is 764. The first kappa shape index (κ1) is 21.4. The SMILES string of the molecule is CCC(CC)(CNC(=O)c1ccc(S(=O)(=O)N2CCCCC2)cc1)C(=O)O. The van der Waals surface area contributed by atoms with Crippen molar-refractivity contribution in [3.63, 3.8) is 0 Å². The molecule has 8 heteroatoms. The Labute approximate surface area is 160 Å². The van der Waals surface area contributed by atoms with Crippen molar-refractivity contribution in [2.75, 3.05) is 19.6 Å². The number of aliphatic carboxylic acids is 1. The van der Waals surface area contributed by atoms with Crippen LogP contribution in [0.5, 0.6) is 0 Å². The van der Waals surface area contributed by atoms with Crippen molar-refractivity contribution in [1.82, 2.24) is 9.62 Å². The molecule has 1 fully saturated rings. The van der Waals surface area contributed by atoms with E-state index in [1.165, 1.54) is 28.6 Å². The first-order valence-corrected chi connectivity index (χ1v) is 10.8. The van der Waals surface area contributed by atoms with Crippen LogP contribution in [0.25, 0.3) is 0 Å². The number of benzene rings is 1. The summed E-state index contributed by atoms with van der Waals surface area (Å²) in [5.41, 5.74) is -0.688. The lowest BCUT2D eigenvalue weighted by Crippen LogP contribution is -2.42. The molecule has 0 bridgehead atoms. The number of piperidine rings is 1. The normalized spacial score (nSPS) is 16.1. The third-order valence-corrected chi connectivity index (χ3v) is 7.38. The number of nitrogens with one attached hydrogen (secondary N) is 1. The summed E-state index contributed by atoms with van der Waals surface area (Å²) in [7, 11) is -3.54. The van der Waals surface area contributed by atoms with Gasteiger partial charge < -0.3 is 10.4 Å². The molecule has 0 saturated carbocycles. The first-order valence-electron chi connectivity index (χ1n) is 9.38. The molecule has 1 aromatic rings. The van der Waals surface area contributed by atoms with Crippen molar-refractivity contribution < 1.29 is 23.1 Å². The van der Waals surface area contributed by atoms with Crippen LogP contribution < -0.4 is 5.32 Å². The van der Waals surface area contributed by atoms with E-state index in [-0.39, 0.29) is 11.4 Å². The minimum atomic E-state index is -3.54. The predicted octanol–water partition coefficient (Wildman–Crippen LogP) is 2.48. The molecule has 1 heterocycles. The van der Waals surface area contributed by atoms with Crippen molar-refractivity contribution in [3.05, 3.63) is 29.8 Å². The van der Waals surface area contributed by atoms with E-state index in [1.807, 2.05) is 0 Å². The maximum atomic E-state index is 12.6. The van der Waals surface area contributed by atoms with Crippen molar-refractivity contribution >= 4 is 21.9 Å². The first-order chi connectivity index (χ1) is 12.8. The number of hydrogen-bond donors (Lipinski definition) is 2. The molecule has 27 heavy (non-hydrogen) atoms. The van der Waals surface area contributed by atoms with Crippen molar-refractivity contribution in [1.29, 1.82) is 0 Å². The van der Waals surface area contributed by atoms with Crippen LogP contribution in [0.2, 0.25) is 0 Å². The topological polar surface area (TPSA) is 104 Å². The molecule has 2 rings (SSSR count). The smallest absolute Gasteiger partial charge is 0.311 e. The molecule has 150 valence electrons. The maximum absolute atomic E-state index is 12.6. The average molecular weight is 397 g/mol. The van der Waals surface area contributed by atoms with Crippen LogP contribution in [0.1, 0.15) is 56.3 Å². The Balaban J connectivity index is 2.08. The molecule has 7 nitrogen and oxygen atoms in total. The number of rotatable bonds is 8. The summed E-state index contributed by atoms with van der Waals surface area (Å²) < 4.78 is 26.8. The summed E-state index contributed by atoms with van der Waals surface area (Å²) in [5, 5.41) is 12.1. The third kappa shape index (κ3) is 4.68. The molecule has 1 amide bonds. The van der Waals surface area contributed by atoms with Crippen molar-refractivity contribution in [2.45, 2.75) is 50.8 Å². The monoisotopic (exact) mass is 396 g/mol. The Hall–Kier alpha value is -1.93. The van der Waals surface area contributed by atoms with Gasteiger partial charge in [-0.3, -0.25) is 9.59 Å². The summed E-state index contributed by atoms with van der Waals surface area (Å²) in [6.45, 7) is 4.64. The number of carboxylic acid groups (broad SMARTS) is 1. The lowest BCUT2D eigenvalue weighted by Gasteiger charge is -2.27. The number of amides is 1. The van der Waals surface area contributed by atoms with E-state index in [2.05, 4.69) is 5.32 Å². The summed E-state index contributed by atoms with van der Waals surface area (Å²) in [5.74, 6) is -1.35. The van der Waals surface area contributed by atoms with E-state index in [4.69, 9.17) is 0 Å². The van der Waals surface area contributed by atoms with Gasteiger partial charge in [0.05, 0.1) is 10.3 Å². The summed E-state index contributed by atoms with van der Waals surface area (Å²) in [6.07, 6.45) is 3.58. The zero-order valence-corrected chi connectivity index (χ0v) is 16.7. The molecule has 0 atom stereocenters. The Morgan fingerprint density at radius 2 is 1.63 bits per heavy atom. The number of carbonyl (C=O) groups excluding carboxylic acids is 1. The number of sulfonamides is 1. The fourth-order valence-electron chi connectivity index (χ4n) is 3.26. The molecule has 0 radical (unpaired) electrons. The molecule has 2 N–H and O–H groups in total. The van der Waals surface area contributed by atoms with Crippen LogP contribution in [0.4, 0.5) is 0 Å². The van der Waals surface area contributed by atoms with Crippen LogP contribution in [-0.4, -0.2) is 49.3 Å². The van der Waals surface area contributed by atoms with Gasteiger partial charge in [-0.25, -0.2) is 8.42 Å². The molecule has 0 spiro atoms. The van der Waals surface area contributed by atoms with Gasteiger partial charge in [0.15, 0.2) is 0 Å². The van der Waals surface area contributed by atoms with Gasteiger partial charge in [-0.05, 0) is 49.9 Å². The summed E-state index contributed by atoms with van der Waals surface area (Å²) >= 11 is 0. The van der Waals surface area contributed by atoms with Gasteiger partial charge in [0.25, 0.3) is 5.91 Å². The Morgan fingerprint density at radius 3 is 2.11 bits per heavy atom. The van der Waals surface area contributed by atoms with Crippen LogP contribution >= 0.6 is 0 Å². The average Bonchev–Trinajstić information content (AvgIpc) is 2.69. The molecule has 1 aliphatic rings. The molecule has 0 unspecified atom stereocenters. The van der Waals surface area contributed by atoms with Gasteiger partial charge in [0, 0.05) is 25.2 Å². The van der Waals surface area contributed by atoms with Gasteiger partial charge in [0.2, 0.25) is 10.0 Å². The van der Waals surface area contributed by atoms with Gasteiger partial charge in [0.1, 0.15) is 0 Å². The summed E-state index contributed by atoms with van der Waals surface area (Å²) in [4.78, 5) is 24.0. The van der Waals surface area contributed by atoms with Crippen LogP contribution in [0.15, 0.2) is 29.2 Å². The predicted molar refractivity (Wildman–Crippen MR) is 102 cm³/mol. The standard InChI is InChI=1S/C19H28N2O5S/c1-3-19(4-2,18(23)24)14-20-17(22)15-8-10-16(11-9-15)27(25,26)21-12-6-5-7-13-21/h8-11H,3-7,12-14H2,1-2H3,(H,20,22)(H,23,24). The van der Waals surface area contributed by atoms with E-state index in [9.17, 15) is 23.1 Å². The highest BCUT2D eigenvalue weighted by Crippen LogP contribution is 2.26. The quantitative estimate of drug-likeness (QED) is 0.702. The lowest BCUT2D eigenvalue weighted by molar-refractivity contribution is -0.149. The Kier molecular flexibility index (Phi) is 7.00. The molecule has 1 saturated heterocycles. The highest BCUT2D eigenvalue weighted by Gasteiger charge is 2.35. The largest absolute Gasteiger partial charge is 0.481 e.